The number of amides is 1. The molecule has 1 aromatic carbocycles. The highest BCUT2D eigenvalue weighted by Crippen LogP contribution is 2.26. The van der Waals surface area contributed by atoms with Crippen molar-refractivity contribution in [2.45, 2.75) is 19.3 Å². The second kappa shape index (κ2) is 6.43. The number of benzene rings is 1. The zero-order valence-corrected chi connectivity index (χ0v) is 11.3. The van der Waals surface area contributed by atoms with Crippen molar-refractivity contribution in [1.29, 1.82) is 0 Å². The van der Waals surface area contributed by atoms with Crippen molar-refractivity contribution >= 4 is 17.3 Å². The van der Waals surface area contributed by atoms with Crippen molar-refractivity contribution in [3.63, 3.8) is 0 Å². The van der Waals surface area contributed by atoms with Crippen LogP contribution >= 0.6 is 0 Å². The Morgan fingerprint density at radius 2 is 2.16 bits per heavy atom. The van der Waals surface area contributed by atoms with Crippen LogP contribution in [-0.4, -0.2) is 37.6 Å². The van der Waals surface area contributed by atoms with Crippen LogP contribution in [0.15, 0.2) is 18.2 Å². The first kappa shape index (κ1) is 13.7. The van der Waals surface area contributed by atoms with E-state index >= 15 is 0 Å². The van der Waals surface area contributed by atoms with Crippen LogP contribution in [0.1, 0.15) is 19.3 Å². The summed E-state index contributed by atoms with van der Waals surface area (Å²) in [5.74, 6) is 0.601. The average molecular weight is 263 g/mol. The van der Waals surface area contributed by atoms with Gasteiger partial charge in [-0.15, -0.1) is 0 Å². The first-order chi connectivity index (χ1) is 9.19. The molecular weight excluding hydrogens is 242 g/mol. The number of carbonyl (C=O) groups is 1. The molecule has 1 heterocycles. The van der Waals surface area contributed by atoms with Crippen molar-refractivity contribution in [2.24, 2.45) is 0 Å². The van der Waals surface area contributed by atoms with E-state index in [-0.39, 0.29) is 5.91 Å². The maximum atomic E-state index is 11.9. The zero-order chi connectivity index (χ0) is 13.7. The maximum Gasteiger partial charge on any atom is 0.225 e. The van der Waals surface area contributed by atoms with Gasteiger partial charge in [-0.25, -0.2) is 0 Å². The van der Waals surface area contributed by atoms with Gasteiger partial charge in [-0.2, -0.15) is 0 Å². The number of hydrogen-bond donors (Lipinski definition) is 2. The van der Waals surface area contributed by atoms with Gasteiger partial charge in [0.15, 0.2) is 0 Å². The second-order valence-corrected chi connectivity index (χ2v) is 4.81. The summed E-state index contributed by atoms with van der Waals surface area (Å²) in [6.07, 6.45) is 2.99. The van der Waals surface area contributed by atoms with E-state index in [1.54, 1.807) is 25.3 Å². The van der Waals surface area contributed by atoms with E-state index in [9.17, 15) is 4.79 Å². The smallest absolute Gasteiger partial charge is 0.225 e. The van der Waals surface area contributed by atoms with E-state index in [4.69, 9.17) is 10.5 Å². The Morgan fingerprint density at radius 3 is 2.84 bits per heavy atom. The lowest BCUT2D eigenvalue weighted by Gasteiger charge is -2.15. The summed E-state index contributed by atoms with van der Waals surface area (Å²) in [5.41, 5.74) is 6.96. The first-order valence-corrected chi connectivity index (χ1v) is 6.65. The van der Waals surface area contributed by atoms with Gasteiger partial charge in [0.2, 0.25) is 5.91 Å². The van der Waals surface area contributed by atoms with E-state index in [2.05, 4.69) is 10.2 Å². The van der Waals surface area contributed by atoms with Crippen molar-refractivity contribution in [2.75, 3.05) is 37.8 Å². The van der Waals surface area contributed by atoms with Crippen molar-refractivity contribution in [1.82, 2.24) is 4.90 Å². The maximum absolute atomic E-state index is 11.9. The Bertz CT molecular complexity index is 442. The molecule has 104 valence electrons. The molecule has 1 aliphatic heterocycles. The van der Waals surface area contributed by atoms with Gasteiger partial charge in [-0.3, -0.25) is 4.79 Å². The van der Waals surface area contributed by atoms with Gasteiger partial charge in [-0.05, 0) is 38.1 Å². The molecule has 3 N–H and O–H groups in total. The fourth-order valence-electron chi connectivity index (χ4n) is 2.29. The van der Waals surface area contributed by atoms with Crippen LogP contribution in [-0.2, 0) is 4.79 Å². The van der Waals surface area contributed by atoms with Gasteiger partial charge in [0.1, 0.15) is 5.75 Å². The lowest BCUT2D eigenvalue weighted by molar-refractivity contribution is -0.116. The number of hydrogen-bond acceptors (Lipinski definition) is 4. The number of nitrogens with zero attached hydrogens (tertiary/aromatic N) is 1. The lowest BCUT2D eigenvalue weighted by Crippen LogP contribution is -2.25. The molecule has 0 aliphatic carbocycles. The number of nitrogens with two attached hydrogens (primary N) is 1. The molecule has 1 fully saturated rings. The fraction of sp³-hybridized carbons (Fsp3) is 0.500. The van der Waals surface area contributed by atoms with Gasteiger partial charge < -0.3 is 20.7 Å². The summed E-state index contributed by atoms with van der Waals surface area (Å²) in [6.45, 7) is 3.04. The minimum Gasteiger partial charge on any atom is -0.494 e. The third-order valence-corrected chi connectivity index (χ3v) is 3.35. The van der Waals surface area contributed by atoms with Crippen molar-refractivity contribution < 1.29 is 9.53 Å². The number of anilines is 2. The molecule has 0 saturated carbocycles. The summed E-state index contributed by atoms with van der Waals surface area (Å²) in [6, 6.07) is 5.22. The average Bonchev–Trinajstić information content (AvgIpc) is 2.91. The van der Waals surface area contributed by atoms with Crippen LogP contribution in [0.3, 0.4) is 0 Å². The summed E-state index contributed by atoms with van der Waals surface area (Å²) < 4.78 is 5.20. The van der Waals surface area contributed by atoms with Crippen molar-refractivity contribution in [3.8, 4) is 5.75 Å². The van der Waals surface area contributed by atoms with Gasteiger partial charge >= 0.3 is 0 Å². The highest BCUT2D eigenvalue weighted by molar-refractivity contribution is 5.92. The monoisotopic (exact) mass is 263 g/mol. The summed E-state index contributed by atoms with van der Waals surface area (Å²) >= 11 is 0. The Kier molecular flexibility index (Phi) is 4.63. The standard InChI is InChI=1S/C14H21N3O2/c1-19-13-10-11(15)4-5-12(13)16-14(18)6-9-17-7-2-3-8-17/h4-5,10H,2-3,6-9,15H2,1H3,(H,16,18). The second-order valence-electron chi connectivity index (χ2n) is 4.81. The van der Waals surface area contributed by atoms with Crippen LogP contribution < -0.4 is 15.8 Å². The predicted molar refractivity (Wildman–Crippen MR) is 76.3 cm³/mol. The molecule has 0 aromatic heterocycles. The largest absolute Gasteiger partial charge is 0.494 e. The Balaban J connectivity index is 1.87. The number of carbonyl (C=O) groups excluding carboxylic acids is 1. The highest BCUT2D eigenvalue weighted by Gasteiger charge is 2.13. The van der Waals surface area contributed by atoms with Gasteiger partial charge in [0.05, 0.1) is 12.8 Å². The van der Waals surface area contributed by atoms with E-state index in [1.807, 2.05) is 0 Å². The molecule has 0 spiro atoms. The minimum atomic E-state index is 0.00923. The summed E-state index contributed by atoms with van der Waals surface area (Å²) in [7, 11) is 1.56. The Morgan fingerprint density at radius 1 is 1.42 bits per heavy atom. The van der Waals surface area contributed by atoms with E-state index < -0.39 is 0 Å². The van der Waals surface area contributed by atoms with E-state index in [0.717, 1.165) is 19.6 Å². The molecule has 1 aromatic rings. The van der Waals surface area contributed by atoms with Crippen LogP contribution in [0.2, 0.25) is 0 Å². The molecule has 0 radical (unpaired) electrons. The molecule has 0 unspecified atom stereocenters. The lowest BCUT2D eigenvalue weighted by atomic mass is 10.2. The quantitative estimate of drug-likeness (QED) is 0.793. The molecule has 0 atom stereocenters. The van der Waals surface area contributed by atoms with Crippen molar-refractivity contribution in [3.05, 3.63) is 18.2 Å². The molecule has 5 heteroatoms. The van der Waals surface area contributed by atoms with Crippen LogP contribution in [0, 0.1) is 0 Å². The third kappa shape index (κ3) is 3.86. The molecule has 1 amide bonds. The first-order valence-electron chi connectivity index (χ1n) is 6.65. The molecule has 19 heavy (non-hydrogen) atoms. The normalized spacial score (nSPS) is 15.4. The number of nitrogens with one attached hydrogen (secondary N) is 1. The third-order valence-electron chi connectivity index (χ3n) is 3.35. The zero-order valence-electron chi connectivity index (χ0n) is 11.3. The molecule has 1 saturated heterocycles. The number of nitrogen functional groups attached to an aromatic ring is 1. The number of likely N-dealkylation sites (tertiary alicyclic amines) is 1. The Labute approximate surface area is 113 Å². The predicted octanol–water partition coefficient (Wildman–Crippen LogP) is 1.70. The SMILES string of the molecule is COc1cc(N)ccc1NC(=O)CCN1CCCC1. The Hall–Kier alpha value is -1.75. The van der Waals surface area contributed by atoms with Gasteiger partial charge in [0.25, 0.3) is 0 Å². The van der Waals surface area contributed by atoms with E-state index in [0.29, 0.717) is 23.5 Å². The summed E-state index contributed by atoms with van der Waals surface area (Å²) in [5, 5.41) is 2.87. The highest BCUT2D eigenvalue weighted by atomic mass is 16.5. The number of methoxy groups -OCH3 is 1. The molecule has 2 rings (SSSR count). The molecular formula is C14H21N3O2. The fourth-order valence-corrected chi connectivity index (χ4v) is 2.29. The van der Waals surface area contributed by atoms with E-state index in [1.165, 1.54) is 12.8 Å². The minimum absolute atomic E-state index is 0.00923. The van der Waals surface area contributed by atoms with Crippen LogP contribution in [0.5, 0.6) is 5.75 Å². The molecule has 1 aliphatic rings. The van der Waals surface area contributed by atoms with Crippen LogP contribution in [0.25, 0.3) is 0 Å². The summed E-state index contributed by atoms with van der Waals surface area (Å²) in [4.78, 5) is 14.2. The topological polar surface area (TPSA) is 67.6 Å². The molecule has 5 nitrogen and oxygen atoms in total. The number of rotatable bonds is 5. The van der Waals surface area contributed by atoms with Crippen LogP contribution in [0.4, 0.5) is 11.4 Å². The molecule has 0 bridgehead atoms. The number of ether oxygens (including phenoxy) is 1. The van der Waals surface area contributed by atoms with Gasteiger partial charge in [0, 0.05) is 24.7 Å². The van der Waals surface area contributed by atoms with Gasteiger partial charge in [-0.1, -0.05) is 0 Å².